The van der Waals surface area contributed by atoms with Crippen molar-refractivity contribution in [1.29, 1.82) is 0 Å². The molecule has 2 heterocycles. The molecule has 0 saturated carbocycles. The molecular formula is C5H3ClN2S. The zero-order chi connectivity index (χ0) is 6.27. The minimum atomic E-state index is 0.781. The zero-order valence-corrected chi connectivity index (χ0v) is 5.96. The average Bonchev–Trinajstić information content (AvgIpc) is 2.58. The summed E-state index contributed by atoms with van der Waals surface area (Å²) in [5.74, 6) is 0.912. The first-order valence-corrected chi connectivity index (χ1v) is 3.71. The van der Waals surface area contributed by atoms with E-state index in [2.05, 4.69) is 10.5 Å². The van der Waals surface area contributed by atoms with E-state index < -0.39 is 0 Å². The van der Waals surface area contributed by atoms with Crippen molar-refractivity contribution in [1.82, 2.24) is 5.43 Å². The maximum Gasteiger partial charge on any atom is 0.185 e. The predicted octanol–water partition coefficient (Wildman–Crippen LogP) is 1.67. The van der Waals surface area contributed by atoms with E-state index in [4.69, 9.17) is 11.6 Å². The Balaban J connectivity index is 2.47. The molecule has 0 radical (unpaired) electrons. The first-order valence-electron chi connectivity index (χ1n) is 2.45. The number of hydrogen-bond donors (Lipinski definition) is 1. The van der Waals surface area contributed by atoms with Gasteiger partial charge in [-0.3, -0.25) is 5.43 Å². The quantitative estimate of drug-likeness (QED) is 0.663. The smallest absolute Gasteiger partial charge is 0.185 e. The van der Waals surface area contributed by atoms with Crippen LogP contribution in [0, 0.1) is 0 Å². The molecule has 0 bridgehead atoms. The number of nitrogens with zero attached hydrogens (tertiary/aromatic N) is 1. The third kappa shape index (κ3) is 0.821. The highest BCUT2D eigenvalue weighted by atomic mass is 35.5. The molecule has 2 rings (SSSR count). The van der Waals surface area contributed by atoms with E-state index in [0.717, 1.165) is 15.7 Å². The predicted molar refractivity (Wildman–Crippen MR) is 39.0 cm³/mol. The fourth-order valence-corrected chi connectivity index (χ4v) is 1.68. The van der Waals surface area contributed by atoms with Gasteiger partial charge in [-0.2, -0.15) is 5.10 Å². The lowest BCUT2D eigenvalue weighted by atomic mass is 10.5. The number of amidine groups is 1. The molecule has 0 atom stereocenters. The lowest BCUT2D eigenvalue weighted by molar-refractivity contribution is 1.26. The Hall–Kier alpha value is -0.540. The third-order valence-electron chi connectivity index (χ3n) is 1.06. The number of halogens is 1. The molecular weight excluding hydrogens is 156 g/mol. The summed E-state index contributed by atoms with van der Waals surface area (Å²) in [7, 11) is 0. The van der Waals surface area contributed by atoms with Gasteiger partial charge in [-0.1, -0.05) is 11.6 Å². The molecule has 1 N–H and O–H groups in total. The standard InChI is InChI=1S/C5H3ClN2S/c6-3-1-2-9-4(3)5-7-8-5/h1-2H,(H,7,8). The fourth-order valence-electron chi connectivity index (χ4n) is 0.592. The Morgan fingerprint density at radius 1 is 1.67 bits per heavy atom. The minimum absolute atomic E-state index is 0.781. The monoisotopic (exact) mass is 158 g/mol. The van der Waals surface area contributed by atoms with E-state index >= 15 is 0 Å². The molecule has 0 aromatic carbocycles. The van der Waals surface area contributed by atoms with Crippen molar-refractivity contribution < 1.29 is 0 Å². The lowest BCUT2D eigenvalue weighted by Gasteiger charge is -1.80. The molecule has 0 spiro atoms. The summed E-state index contributed by atoms with van der Waals surface area (Å²) in [6.45, 7) is 0. The number of thiophene rings is 1. The van der Waals surface area contributed by atoms with Gasteiger partial charge in [-0.05, 0) is 11.4 Å². The number of hydrazone groups is 1. The second-order valence-electron chi connectivity index (χ2n) is 1.67. The number of nitrogens with one attached hydrogen (secondary N) is 1. The third-order valence-corrected chi connectivity index (χ3v) is 2.40. The van der Waals surface area contributed by atoms with Crippen LogP contribution in [0.5, 0.6) is 0 Å². The van der Waals surface area contributed by atoms with E-state index in [9.17, 15) is 0 Å². The van der Waals surface area contributed by atoms with E-state index in [1.54, 1.807) is 11.3 Å². The molecule has 0 unspecified atom stereocenters. The van der Waals surface area contributed by atoms with Gasteiger partial charge < -0.3 is 0 Å². The summed E-state index contributed by atoms with van der Waals surface area (Å²) in [6.07, 6.45) is 0. The molecule has 0 aliphatic carbocycles. The van der Waals surface area contributed by atoms with Crippen LogP contribution < -0.4 is 5.43 Å². The molecule has 1 aromatic rings. The van der Waals surface area contributed by atoms with E-state index in [1.807, 2.05) is 11.4 Å². The summed E-state index contributed by atoms with van der Waals surface area (Å²) in [6, 6.07) is 1.87. The van der Waals surface area contributed by atoms with Crippen LogP contribution in [0.25, 0.3) is 0 Å². The van der Waals surface area contributed by atoms with Crippen molar-refractivity contribution >= 4 is 28.8 Å². The van der Waals surface area contributed by atoms with Gasteiger partial charge in [0.15, 0.2) is 5.84 Å². The summed E-state index contributed by atoms with van der Waals surface area (Å²) in [4.78, 5) is 1.04. The van der Waals surface area contributed by atoms with Gasteiger partial charge in [0, 0.05) is 0 Å². The summed E-state index contributed by atoms with van der Waals surface area (Å²) in [5.41, 5.74) is 2.75. The van der Waals surface area contributed by atoms with Gasteiger partial charge in [-0.25, -0.2) is 0 Å². The second-order valence-corrected chi connectivity index (χ2v) is 2.99. The van der Waals surface area contributed by atoms with Crippen LogP contribution in [-0.4, -0.2) is 5.84 Å². The maximum absolute atomic E-state index is 5.76. The SMILES string of the molecule is Clc1ccsc1C1=NN1. The van der Waals surface area contributed by atoms with Crippen molar-refractivity contribution in [3.8, 4) is 0 Å². The van der Waals surface area contributed by atoms with E-state index in [-0.39, 0.29) is 0 Å². The molecule has 1 aliphatic heterocycles. The van der Waals surface area contributed by atoms with Crippen LogP contribution in [0.1, 0.15) is 4.88 Å². The molecule has 4 heteroatoms. The van der Waals surface area contributed by atoms with Crippen LogP contribution in [0.15, 0.2) is 16.5 Å². The van der Waals surface area contributed by atoms with Crippen LogP contribution in [0.4, 0.5) is 0 Å². The van der Waals surface area contributed by atoms with Gasteiger partial charge in [0.1, 0.15) is 0 Å². The fraction of sp³-hybridized carbons (Fsp3) is 0. The molecule has 0 amide bonds. The van der Waals surface area contributed by atoms with Crippen LogP contribution in [0.3, 0.4) is 0 Å². The van der Waals surface area contributed by atoms with E-state index in [0.29, 0.717) is 0 Å². The Morgan fingerprint density at radius 2 is 2.44 bits per heavy atom. The highest BCUT2D eigenvalue weighted by Crippen LogP contribution is 2.24. The molecule has 1 aliphatic rings. The highest BCUT2D eigenvalue weighted by molar-refractivity contribution is 7.13. The average molecular weight is 159 g/mol. The molecule has 1 aromatic heterocycles. The summed E-state index contributed by atoms with van der Waals surface area (Å²) in [5, 5.41) is 6.52. The minimum Gasteiger partial charge on any atom is -0.257 e. The van der Waals surface area contributed by atoms with Crippen LogP contribution in [-0.2, 0) is 0 Å². The molecule has 2 nitrogen and oxygen atoms in total. The van der Waals surface area contributed by atoms with Crippen molar-refractivity contribution in [2.24, 2.45) is 5.10 Å². The first-order chi connectivity index (χ1) is 4.38. The molecule has 9 heavy (non-hydrogen) atoms. The molecule has 46 valence electrons. The zero-order valence-electron chi connectivity index (χ0n) is 4.39. The Bertz CT molecular complexity index is 266. The lowest BCUT2D eigenvalue weighted by Crippen LogP contribution is -1.90. The van der Waals surface area contributed by atoms with Crippen molar-refractivity contribution in [3.05, 3.63) is 21.3 Å². The van der Waals surface area contributed by atoms with Gasteiger partial charge in [-0.15, -0.1) is 11.3 Å². The first kappa shape index (κ1) is 5.26. The Morgan fingerprint density at radius 3 is 2.89 bits per heavy atom. The van der Waals surface area contributed by atoms with Crippen molar-refractivity contribution in [2.75, 3.05) is 0 Å². The van der Waals surface area contributed by atoms with Crippen molar-refractivity contribution in [2.45, 2.75) is 0 Å². The number of rotatable bonds is 1. The Labute approximate surface area is 61.1 Å². The number of hydrogen-bond acceptors (Lipinski definition) is 3. The van der Waals surface area contributed by atoms with Crippen molar-refractivity contribution in [3.63, 3.8) is 0 Å². The maximum atomic E-state index is 5.76. The van der Waals surface area contributed by atoms with Crippen LogP contribution in [0.2, 0.25) is 5.02 Å². The van der Waals surface area contributed by atoms with Gasteiger partial charge in [0.2, 0.25) is 0 Å². The van der Waals surface area contributed by atoms with Gasteiger partial charge in [0.05, 0.1) is 9.90 Å². The molecule has 0 saturated heterocycles. The molecule has 0 fully saturated rings. The van der Waals surface area contributed by atoms with E-state index in [1.165, 1.54) is 0 Å². The normalized spacial score (nSPS) is 14.6. The topological polar surface area (TPSA) is 34.3 Å². The Kier molecular flexibility index (Phi) is 1.00. The van der Waals surface area contributed by atoms with Gasteiger partial charge >= 0.3 is 0 Å². The summed E-state index contributed by atoms with van der Waals surface area (Å²) >= 11 is 7.36. The van der Waals surface area contributed by atoms with Crippen LogP contribution >= 0.6 is 22.9 Å². The second kappa shape index (κ2) is 1.72. The summed E-state index contributed by atoms with van der Waals surface area (Å²) < 4.78 is 0. The largest absolute Gasteiger partial charge is 0.257 e. The van der Waals surface area contributed by atoms with Gasteiger partial charge in [0.25, 0.3) is 0 Å². The highest BCUT2D eigenvalue weighted by Gasteiger charge is 2.16.